The van der Waals surface area contributed by atoms with Crippen molar-refractivity contribution in [2.45, 2.75) is 46.1 Å². The van der Waals surface area contributed by atoms with E-state index < -0.39 is 0 Å². The van der Waals surface area contributed by atoms with E-state index in [2.05, 4.69) is 27.0 Å². The van der Waals surface area contributed by atoms with Crippen LogP contribution in [0.2, 0.25) is 0 Å². The van der Waals surface area contributed by atoms with Crippen LogP contribution < -0.4 is 5.73 Å². The van der Waals surface area contributed by atoms with Gasteiger partial charge in [-0.25, -0.2) is 0 Å². The molecule has 0 rings (SSSR count). The Bertz CT molecular complexity index is 231. The third-order valence-corrected chi connectivity index (χ3v) is 4.11. The number of rotatable bonds is 8. The number of amides is 1. The first kappa shape index (κ1) is 16.8. The van der Waals surface area contributed by atoms with Crippen LogP contribution in [0.5, 0.6) is 0 Å². The monoisotopic (exact) mass is 260 g/mol. The summed E-state index contributed by atoms with van der Waals surface area (Å²) in [5.74, 6) is 1.24. The Balaban J connectivity index is 4.08. The standard InChI is InChI=1S/C13H28N2OS/c1-11(10-17-5)15(4)12(16)6-7-13(2,3)8-9-14/h11H,6-10,14H2,1-5H3. The Kier molecular flexibility index (Phi) is 7.88. The van der Waals surface area contributed by atoms with Gasteiger partial charge in [-0.3, -0.25) is 4.79 Å². The third-order valence-electron chi connectivity index (χ3n) is 3.30. The zero-order chi connectivity index (χ0) is 13.5. The summed E-state index contributed by atoms with van der Waals surface area (Å²) in [6.45, 7) is 7.15. The van der Waals surface area contributed by atoms with Crippen LogP contribution in [-0.4, -0.2) is 42.4 Å². The topological polar surface area (TPSA) is 46.3 Å². The zero-order valence-electron chi connectivity index (χ0n) is 12.0. The average molecular weight is 260 g/mol. The first-order valence-electron chi connectivity index (χ1n) is 6.28. The number of carbonyl (C=O) groups excluding carboxylic acids is 1. The van der Waals surface area contributed by atoms with Crippen molar-refractivity contribution < 1.29 is 4.79 Å². The van der Waals surface area contributed by atoms with Gasteiger partial charge in [0.05, 0.1) is 0 Å². The Hall–Kier alpha value is -0.220. The van der Waals surface area contributed by atoms with E-state index in [4.69, 9.17) is 5.73 Å². The van der Waals surface area contributed by atoms with Gasteiger partial charge in [0.1, 0.15) is 0 Å². The second-order valence-corrected chi connectivity index (χ2v) is 6.42. The fourth-order valence-electron chi connectivity index (χ4n) is 1.74. The lowest BCUT2D eigenvalue weighted by molar-refractivity contribution is -0.131. The fraction of sp³-hybridized carbons (Fsp3) is 0.923. The van der Waals surface area contributed by atoms with Gasteiger partial charge in [-0.05, 0) is 38.0 Å². The Morgan fingerprint density at radius 3 is 2.47 bits per heavy atom. The highest BCUT2D eigenvalue weighted by molar-refractivity contribution is 7.98. The maximum Gasteiger partial charge on any atom is 0.222 e. The maximum absolute atomic E-state index is 12.0. The minimum atomic E-state index is 0.175. The van der Waals surface area contributed by atoms with Gasteiger partial charge in [0.15, 0.2) is 0 Å². The molecule has 0 fully saturated rings. The minimum Gasteiger partial charge on any atom is -0.342 e. The largest absolute Gasteiger partial charge is 0.342 e. The van der Waals surface area contributed by atoms with Crippen molar-refractivity contribution >= 4 is 17.7 Å². The molecule has 3 nitrogen and oxygen atoms in total. The summed E-state index contributed by atoms with van der Waals surface area (Å²) in [5.41, 5.74) is 5.75. The molecule has 0 aromatic heterocycles. The summed E-state index contributed by atoms with van der Waals surface area (Å²) in [4.78, 5) is 13.9. The molecule has 1 atom stereocenters. The van der Waals surface area contributed by atoms with E-state index in [1.165, 1.54) is 0 Å². The van der Waals surface area contributed by atoms with Gasteiger partial charge in [0, 0.05) is 25.3 Å². The minimum absolute atomic E-state index is 0.175. The first-order valence-corrected chi connectivity index (χ1v) is 7.68. The van der Waals surface area contributed by atoms with Gasteiger partial charge >= 0.3 is 0 Å². The fourth-order valence-corrected chi connectivity index (χ4v) is 2.44. The van der Waals surface area contributed by atoms with Crippen LogP contribution in [0.25, 0.3) is 0 Å². The van der Waals surface area contributed by atoms with Gasteiger partial charge in [-0.1, -0.05) is 13.8 Å². The van der Waals surface area contributed by atoms with Crippen molar-refractivity contribution in [3.8, 4) is 0 Å². The lowest BCUT2D eigenvalue weighted by atomic mass is 9.84. The molecule has 17 heavy (non-hydrogen) atoms. The van der Waals surface area contributed by atoms with Crippen molar-refractivity contribution in [2.75, 3.05) is 25.6 Å². The number of carbonyl (C=O) groups is 1. The Morgan fingerprint density at radius 2 is 2.00 bits per heavy atom. The SMILES string of the molecule is CSCC(C)N(C)C(=O)CCC(C)(C)CCN. The lowest BCUT2D eigenvalue weighted by Crippen LogP contribution is -2.37. The summed E-state index contributed by atoms with van der Waals surface area (Å²) in [6.07, 6.45) is 4.59. The van der Waals surface area contributed by atoms with E-state index in [1.54, 1.807) is 11.8 Å². The van der Waals surface area contributed by atoms with Crippen LogP contribution in [0.1, 0.15) is 40.0 Å². The summed E-state index contributed by atoms with van der Waals surface area (Å²) < 4.78 is 0. The van der Waals surface area contributed by atoms with E-state index in [0.717, 1.165) is 18.6 Å². The van der Waals surface area contributed by atoms with Crippen molar-refractivity contribution in [3.63, 3.8) is 0 Å². The van der Waals surface area contributed by atoms with E-state index in [-0.39, 0.29) is 11.3 Å². The molecule has 102 valence electrons. The molecule has 0 aliphatic heterocycles. The normalized spacial score (nSPS) is 13.5. The summed E-state index contributed by atoms with van der Waals surface area (Å²) >= 11 is 1.78. The third kappa shape index (κ3) is 6.94. The highest BCUT2D eigenvalue weighted by Crippen LogP contribution is 2.26. The molecule has 1 amide bonds. The van der Waals surface area contributed by atoms with Gasteiger partial charge < -0.3 is 10.6 Å². The van der Waals surface area contributed by atoms with Crippen molar-refractivity contribution in [1.29, 1.82) is 0 Å². The summed E-state index contributed by atoms with van der Waals surface area (Å²) in [6, 6.07) is 0.315. The molecule has 0 radical (unpaired) electrons. The second-order valence-electron chi connectivity index (χ2n) is 5.51. The number of hydrogen-bond donors (Lipinski definition) is 1. The molecule has 1 unspecified atom stereocenters. The van der Waals surface area contributed by atoms with Crippen molar-refractivity contribution in [3.05, 3.63) is 0 Å². The Morgan fingerprint density at radius 1 is 1.41 bits per heavy atom. The van der Waals surface area contributed by atoms with Gasteiger partial charge in [0.2, 0.25) is 5.91 Å². The van der Waals surface area contributed by atoms with Crippen LogP contribution in [0.3, 0.4) is 0 Å². The molecule has 0 aliphatic carbocycles. The predicted molar refractivity (Wildman–Crippen MR) is 77.3 cm³/mol. The molecule has 0 aromatic rings. The van der Waals surface area contributed by atoms with Crippen molar-refractivity contribution in [2.24, 2.45) is 11.1 Å². The number of thioether (sulfide) groups is 1. The van der Waals surface area contributed by atoms with Crippen LogP contribution in [0.4, 0.5) is 0 Å². The molecule has 0 spiro atoms. The predicted octanol–water partition coefficient (Wildman–Crippen LogP) is 2.35. The molecule has 0 aliphatic rings. The van der Waals surface area contributed by atoms with Crippen LogP contribution in [0.15, 0.2) is 0 Å². The molecule has 0 aromatic carbocycles. The van der Waals surface area contributed by atoms with Crippen LogP contribution in [0, 0.1) is 5.41 Å². The summed E-state index contributed by atoms with van der Waals surface area (Å²) in [7, 11) is 1.90. The number of hydrogen-bond acceptors (Lipinski definition) is 3. The van der Waals surface area contributed by atoms with E-state index in [0.29, 0.717) is 19.0 Å². The highest BCUT2D eigenvalue weighted by atomic mass is 32.2. The zero-order valence-corrected chi connectivity index (χ0v) is 12.8. The maximum atomic E-state index is 12.0. The molecule has 2 N–H and O–H groups in total. The smallest absolute Gasteiger partial charge is 0.222 e. The molecule has 0 bridgehead atoms. The summed E-state index contributed by atoms with van der Waals surface area (Å²) in [5, 5.41) is 0. The molecular weight excluding hydrogens is 232 g/mol. The molecule has 4 heteroatoms. The molecule has 0 saturated heterocycles. The second kappa shape index (κ2) is 7.98. The van der Waals surface area contributed by atoms with Gasteiger partial charge in [-0.2, -0.15) is 11.8 Å². The highest BCUT2D eigenvalue weighted by Gasteiger charge is 2.21. The average Bonchev–Trinajstić information content (AvgIpc) is 2.25. The van der Waals surface area contributed by atoms with E-state index in [1.807, 2.05) is 11.9 Å². The van der Waals surface area contributed by atoms with E-state index in [9.17, 15) is 4.79 Å². The van der Waals surface area contributed by atoms with Crippen molar-refractivity contribution in [1.82, 2.24) is 4.90 Å². The van der Waals surface area contributed by atoms with Gasteiger partial charge in [-0.15, -0.1) is 0 Å². The van der Waals surface area contributed by atoms with E-state index >= 15 is 0 Å². The molecule has 0 heterocycles. The number of nitrogens with zero attached hydrogens (tertiary/aromatic N) is 1. The Labute approximate surface area is 111 Å². The lowest BCUT2D eigenvalue weighted by Gasteiger charge is -2.28. The number of nitrogens with two attached hydrogens (primary N) is 1. The van der Waals surface area contributed by atoms with Gasteiger partial charge in [0.25, 0.3) is 0 Å². The molecular formula is C13H28N2OS. The quantitative estimate of drug-likeness (QED) is 0.729. The molecule has 0 saturated carbocycles. The van der Waals surface area contributed by atoms with Crippen LogP contribution in [-0.2, 0) is 4.79 Å². The van der Waals surface area contributed by atoms with Crippen LogP contribution >= 0.6 is 11.8 Å². The first-order chi connectivity index (χ1) is 7.84.